The van der Waals surface area contributed by atoms with Crippen LogP contribution in [0.15, 0.2) is 54.6 Å². The van der Waals surface area contributed by atoms with Crippen LogP contribution in [0, 0.1) is 0 Å². The summed E-state index contributed by atoms with van der Waals surface area (Å²) in [6.07, 6.45) is 0. The van der Waals surface area contributed by atoms with Crippen LogP contribution in [0.25, 0.3) is 11.3 Å². The van der Waals surface area contributed by atoms with Gasteiger partial charge >= 0.3 is 0 Å². The second kappa shape index (κ2) is 6.97. The van der Waals surface area contributed by atoms with Crippen molar-refractivity contribution in [2.45, 2.75) is 6.61 Å². The van der Waals surface area contributed by atoms with E-state index in [2.05, 4.69) is 15.5 Å². The first-order valence-corrected chi connectivity index (χ1v) is 7.41. The largest absolute Gasteiger partial charge is 0.496 e. The summed E-state index contributed by atoms with van der Waals surface area (Å²) in [4.78, 5) is 12.3. The Kier molecular flexibility index (Phi) is 4.58. The zero-order chi connectivity index (χ0) is 16.9. The molecule has 122 valence electrons. The Bertz CT molecular complexity index is 844. The van der Waals surface area contributed by atoms with Crippen LogP contribution in [0.2, 0.25) is 0 Å². The molecule has 3 aromatic rings. The van der Waals surface area contributed by atoms with Gasteiger partial charge in [-0.05, 0) is 24.3 Å². The van der Waals surface area contributed by atoms with Crippen LogP contribution in [-0.2, 0) is 6.61 Å². The Morgan fingerprint density at radius 3 is 2.71 bits per heavy atom. The van der Waals surface area contributed by atoms with Crippen LogP contribution in [0.3, 0.4) is 0 Å². The molecule has 6 nitrogen and oxygen atoms in total. The molecule has 0 spiro atoms. The second-order valence-corrected chi connectivity index (χ2v) is 5.17. The lowest BCUT2D eigenvalue weighted by atomic mass is 10.1. The smallest absolute Gasteiger partial charge is 0.273 e. The normalized spacial score (nSPS) is 10.4. The molecule has 24 heavy (non-hydrogen) atoms. The number of hydrogen-bond acceptors (Lipinski definition) is 4. The molecule has 0 unspecified atom stereocenters. The lowest BCUT2D eigenvalue weighted by Crippen LogP contribution is -2.12. The van der Waals surface area contributed by atoms with E-state index in [1.54, 1.807) is 24.3 Å². The molecule has 0 atom stereocenters. The minimum absolute atomic E-state index is 0.172. The zero-order valence-electron chi connectivity index (χ0n) is 13.1. The molecule has 3 N–H and O–H groups in total. The molecule has 0 aliphatic rings. The third-order valence-corrected chi connectivity index (χ3v) is 3.60. The molecular formula is C18H17N3O3. The van der Waals surface area contributed by atoms with Crippen molar-refractivity contribution in [1.82, 2.24) is 10.2 Å². The van der Waals surface area contributed by atoms with Crippen molar-refractivity contribution in [2.24, 2.45) is 0 Å². The number of rotatable bonds is 5. The highest BCUT2D eigenvalue weighted by molar-refractivity contribution is 6.03. The van der Waals surface area contributed by atoms with Gasteiger partial charge in [0.2, 0.25) is 0 Å². The average Bonchev–Trinajstić information content (AvgIpc) is 3.12. The van der Waals surface area contributed by atoms with Gasteiger partial charge in [0.1, 0.15) is 11.4 Å². The monoisotopic (exact) mass is 323 g/mol. The van der Waals surface area contributed by atoms with Gasteiger partial charge in [0.05, 0.1) is 19.4 Å². The summed E-state index contributed by atoms with van der Waals surface area (Å²) >= 11 is 0. The van der Waals surface area contributed by atoms with Crippen molar-refractivity contribution in [3.63, 3.8) is 0 Å². The van der Waals surface area contributed by atoms with E-state index < -0.39 is 0 Å². The van der Waals surface area contributed by atoms with Crippen molar-refractivity contribution in [3.05, 3.63) is 65.9 Å². The zero-order valence-corrected chi connectivity index (χ0v) is 13.1. The number of aromatic nitrogens is 2. The van der Waals surface area contributed by atoms with E-state index in [1.165, 1.54) is 7.11 Å². The van der Waals surface area contributed by atoms with Crippen LogP contribution in [-0.4, -0.2) is 28.3 Å². The first-order valence-electron chi connectivity index (χ1n) is 7.41. The van der Waals surface area contributed by atoms with E-state index in [9.17, 15) is 9.90 Å². The maximum Gasteiger partial charge on any atom is 0.273 e. The third kappa shape index (κ3) is 3.28. The SMILES string of the molecule is COc1ccc(NC(=O)c2cc(-c3ccccc3)n[nH]2)cc1CO. The van der Waals surface area contributed by atoms with E-state index >= 15 is 0 Å². The van der Waals surface area contributed by atoms with Crippen LogP contribution in [0.4, 0.5) is 5.69 Å². The average molecular weight is 323 g/mol. The predicted molar refractivity (Wildman–Crippen MR) is 90.9 cm³/mol. The molecule has 1 heterocycles. The van der Waals surface area contributed by atoms with E-state index in [-0.39, 0.29) is 12.5 Å². The summed E-state index contributed by atoms with van der Waals surface area (Å²) in [7, 11) is 1.53. The Balaban J connectivity index is 1.77. The summed E-state index contributed by atoms with van der Waals surface area (Å²) in [5, 5.41) is 19.0. The minimum atomic E-state index is -0.307. The third-order valence-electron chi connectivity index (χ3n) is 3.60. The van der Waals surface area contributed by atoms with E-state index in [0.717, 1.165) is 5.56 Å². The van der Waals surface area contributed by atoms with Crippen LogP contribution < -0.4 is 10.1 Å². The number of anilines is 1. The highest BCUT2D eigenvalue weighted by Gasteiger charge is 2.12. The summed E-state index contributed by atoms with van der Waals surface area (Å²) in [5.74, 6) is 0.266. The molecule has 0 saturated heterocycles. The van der Waals surface area contributed by atoms with E-state index in [1.807, 2.05) is 30.3 Å². The number of amides is 1. The van der Waals surface area contributed by atoms with Crippen molar-refractivity contribution in [1.29, 1.82) is 0 Å². The molecule has 0 saturated carbocycles. The fourth-order valence-electron chi connectivity index (χ4n) is 2.37. The summed E-state index contributed by atoms with van der Waals surface area (Å²) in [5.41, 5.74) is 3.16. The molecule has 1 aromatic heterocycles. The number of carbonyl (C=O) groups is 1. The molecule has 6 heteroatoms. The van der Waals surface area contributed by atoms with Crippen LogP contribution in [0.5, 0.6) is 5.75 Å². The number of ether oxygens (including phenoxy) is 1. The van der Waals surface area contributed by atoms with Gasteiger partial charge in [-0.1, -0.05) is 30.3 Å². The van der Waals surface area contributed by atoms with Gasteiger partial charge in [-0.3, -0.25) is 9.89 Å². The summed E-state index contributed by atoms with van der Waals surface area (Å²) in [6.45, 7) is -0.172. The Labute approximate surface area is 139 Å². The van der Waals surface area contributed by atoms with Crippen LogP contribution in [0.1, 0.15) is 16.1 Å². The number of H-pyrrole nitrogens is 1. The van der Waals surface area contributed by atoms with Gasteiger partial charge in [0.15, 0.2) is 0 Å². The lowest BCUT2D eigenvalue weighted by molar-refractivity contribution is 0.102. The van der Waals surface area contributed by atoms with Crippen molar-refractivity contribution in [3.8, 4) is 17.0 Å². The number of aromatic amines is 1. The Morgan fingerprint density at radius 2 is 2.00 bits per heavy atom. The van der Waals surface area contributed by atoms with Crippen molar-refractivity contribution >= 4 is 11.6 Å². The number of carbonyl (C=O) groups excluding carboxylic acids is 1. The van der Waals surface area contributed by atoms with Crippen molar-refractivity contribution < 1.29 is 14.6 Å². The maximum atomic E-state index is 12.3. The van der Waals surface area contributed by atoms with Crippen molar-refractivity contribution in [2.75, 3.05) is 12.4 Å². The first kappa shape index (κ1) is 15.8. The molecule has 1 amide bonds. The Morgan fingerprint density at radius 1 is 1.21 bits per heavy atom. The van der Waals surface area contributed by atoms with Gasteiger partial charge < -0.3 is 15.2 Å². The topological polar surface area (TPSA) is 87.2 Å². The fourth-order valence-corrected chi connectivity index (χ4v) is 2.37. The maximum absolute atomic E-state index is 12.3. The van der Waals surface area contributed by atoms with Crippen LogP contribution >= 0.6 is 0 Å². The molecule has 0 aliphatic heterocycles. The highest BCUT2D eigenvalue weighted by Crippen LogP contribution is 2.23. The summed E-state index contributed by atoms with van der Waals surface area (Å²) < 4.78 is 5.14. The molecule has 0 aliphatic carbocycles. The quantitative estimate of drug-likeness (QED) is 0.674. The van der Waals surface area contributed by atoms with Gasteiger partial charge in [0, 0.05) is 16.8 Å². The van der Waals surface area contributed by atoms with Gasteiger partial charge in [-0.2, -0.15) is 5.10 Å². The molecule has 0 radical (unpaired) electrons. The van der Waals surface area contributed by atoms with Gasteiger partial charge in [-0.25, -0.2) is 0 Å². The molecule has 3 rings (SSSR count). The summed E-state index contributed by atoms with van der Waals surface area (Å²) in [6, 6.07) is 16.4. The number of aliphatic hydroxyl groups excluding tert-OH is 1. The number of nitrogens with one attached hydrogen (secondary N) is 2. The number of aliphatic hydroxyl groups is 1. The molecular weight excluding hydrogens is 306 g/mol. The highest BCUT2D eigenvalue weighted by atomic mass is 16.5. The minimum Gasteiger partial charge on any atom is -0.496 e. The molecule has 0 fully saturated rings. The van der Waals surface area contributed by atoms with Gasteiger partial charge in [0.25, 0.3) is 5.91 Å². The molecule has 0 bridgehead atoms. The van der Waals surface area contributed by atoms with E-state index in [0.29, 0.717) is 28.4 Å². The Hall–Kier alpha value is -3.12. The number of hydrogen-bond donors (Lipinski definition) is 3. The number of nitrogens with zero attached hydrogens (tertiary/aromatic N) is 1. The second-order valence-electron chi connectivity index (χ2n) is 5.17. The van der Waals surface area contributed by atoms with E-state index in [4.69, 9.17) is 4.74 Å². The molecule has 2 aromatic carbocycles. The predicted octanol–water partition coefficient (Wildman–Crippen LogP) is 2.83. The standard InChI is InChI=1S/C18H17N3O3/c1-24-17-8-7-14(9-13(17)11-22)19-18(23)16-10-15(20-21-16)12-5-3-2-4-6-12/h2-10,22H,11H2,1H3,(H,19,23)(H,20,21). The number of benzene rings is 2. The van der Waals surface area contributed by atoms with Gasteiger partial charge in [-0.15, -0.1) is 0 Å². The first-order chi connectivity index (χ1) is 11.7. The lowest BCUT2D eigenvalue weighted by Gasteiger charge is -2.09. The number of methoxy groups -OCH3 is 1. The fraction of sp³-hybridized carbons (Fsp3) is 0.111.